The Hall–Kier alpha value is -3.16. The van der Waals surface area contributed by atoms with Crippen molar-refractivity contribution in [2.24, 2.45) is 0 Å². The number of hydrogen-bond donors (Lipinski definition) is 0. The molecule has 0 aromatic heterocycles. The largest absolute Gasteiger partial charge is 0.480 e. The maximum Gasteiger partial charge on any atom is 0.387 e. The van der Waals surface area contributed by atoms with Crippen LogP contribution in [0.4, 0.5) is 8.78 Å². The number of halogens is 2. The third kappa shape index (κ3) is 4.01. The van der Waals surface area contributed by atoms with Crippen molar-refractivity contribution >= 4 is 11.8 Å². The number of hydrogen-bond acceptors (Lipinski definition) is 4. The van der Waals surface area contributed by atoms with E-state index >= 15 is 0 Å². The van der Waals surface area contributed by atoms with E-state index in [0.29, 0.717) is 32.6 Å². The molecule has 2 aliphatic heterocycles. The molecule has 2 aromatic rings. The maximum absolute atomic E-state index is 12.8. The number of benzene rings is 2. The van der Waals surface area contributed by atoms with Gasteiger partial charge < -0.3 is 19.3 Å². The van der Waals surface area contributed by atoms with Gasteiger partial charge in [0, 0.05) is 32.6 Å². The van der Waals surface area contributed by atoms with Crippen molar-refractivity contribution in [1.82, 2.24) is 9.80 Å². The molecule has 0 bridgehead atoms. The molecule has 0 aliphatic carbocycles. The van der Waals surface area contributed by atoms with Gasteiger partial charge in [0.25, 0.3) is 11.8 Å². The quantitative estimate of drug-likeness (QED) is 0.789. The number of carbonyl (C=O) groups is 2. The van der Waals surface area contributed by atoms with Crippen LogP contribution >= 0.6 is 0 Å². The fourth-order valence-corrected chi connectivity index (χ4v) is 3.67. The molecule has 8 heteroatoms. The second kappa shape index (κ2) is 8.06. The molecule has 4 rings (SSSR count). The van der Waals surface area contributed by atoms with Crippen LogP contribution in [0.2, 0.25) is 0 Å². The monoisotopic (exact) mass is 402 g/mol. The van der Waals surface area contributed by atoms with Crippen molar-refractivity contribution in [1.29, 1.82) is 0 Å². The van der Waals surface area contributed by atoms with Gasteiger partial charge >= 0.3 is 6.61 Å². The van der Waals surface area contributed by atoms with Gasteiger partial charge in [-0.2, -0.15) is 8.78 Å². The lowest BCUT2D eigenvalue weighted by atomic mass is 10.1. The molecule has 0 unspecified atom stereocenters. The first-order valence-electron chi connectivity index (χ1n) is 9.39. The van der Waals surface area contributed by atoms with Gasteiger partial charge in [0.1, 0.15) is 11.5 Å². The Labute approximate surface area is 166 Å². The Bertz CT molecular complexity index is 888. The van der Waals surface area contributed by atoms with Crippen molar-refractivity contribution < 1.29 is 27.8 Å². The Morgan fingerprint density at radius 2 is 1.62 bits per heavy atom. The Morgan fingerprint density at radius 3 is 2.34 bits per heavy atom. The van der Waals surface area contributed by atoms with Gasteiger partial charge in [-0.15, -0.1) is 0 Å². The van der Waals surface area contributed by atoms with Crippen LogP contribution in [0.25, 0.3) is 0 Å². The molecule has 6 nitrogen and oxygen atoms in total. The number of rotatable bonds is 4. The lowest BCUT2D eigenvalue weighted by Gasteiger charge is -2.35. The summed E-state index contributed by atoms with van der Waals surface area (Å²) in [5.41, 5.74) is 1.09. The average Bonchev–Trinajstić information content (AvgIpc) is 3.17. The lowest BCUT2D eigenvalue weighted by molar-refractivity contribution is -0.139. The highest BCUT2D eigenvalue weighted by atomic mass is 19.3. The summed E-state index contributed by atoms with van der Waals surface area (Å²) < 4.78 is 35.4. The molecule has 2 aliphatic rings. The van der Waals surface area contributed by atoms with E-state index in [1.807, 2.05) is 24.3 Å². The molecule has 29 heavy (non-hydrogen) atoms. The molecular formula is C21H20F2N2O4. The smallest absolute Gasteiger partial charge is 0.387 e. The minimum Gasteiger partial charge on any atom is -0.480 e. The van der Waals surface area contributed by atoms with Crippen LogP contribution in [0.15, 0.2) is 48.5 Å². The van der Waals surface area contributed by atoms with E-state index in [-0.39, 0.29) is 17.2 Å². The van der Waals surface area contributed by atoms with Crippen molar-refractivity contribution in [2.45, 2.75) is 19.1 Å². The Balaban J connectivity index is 1.36. The summed E-state index contributed by atoms with van der Waals surface area (Å²) in [6, 6.07) is 13.5. The molecule has 152 valence electrons. The van der Waals surface area contributed by atoms with E-state index in [2.05, 4.69) is 4.74 Å². The molecule has 2 heterocycles. The SMILES string of the molecule is O=C(c1ccccc1OC(F)F)N1CCN(C(=O)[C@@H]2Cc3ccccc3O2)CC1. The van der Waals surface area contributed by atoms with Gasteiger partial charge in [0.05, 0.1) is 5.56 Å². The third-order valence-electron chi connectivity index (χ3n) is 5.13. The highest BCUT2D eigenvalue weighted by Crippen LogP contribution is 2.29. The van der Waals surface area contributed by atoms with Crippen molar-refractivity contribution in [3.63, 3.8) is 0 Å². The van der Waals surface area contributed by atoms with Crippen LogP contribution in [-0.2, 0) is 11.2 Å². The fourth-order valence-electron chi connectivity index (χ4n) is 3.67. The Kier molecular flexibility index (Phi) is 5.33. The molecule has 0 spiro atoms. The van der Waals surface area contributed by atoms with Crippen LogP contribution in [0.3, 0.4) is 0 Å². The first-order valence-corrected chi connectivity index (χ1v) is 9.39. The van der Waals surface area contributed by atoms with E-state index in [0.717, 1.165) is 11.3 Å². The number of fused-ring (bicyclic) bond motifs is 1. The number of amides is 2. The standard InChI is InChI=1S/C21H20F2N2O4/c22-21(23)29-17-8-4-2-6-15(17)19(26)24-9-11-25(12-10-24)20(27)18-13-14-5-1-3-7-16(14)28-18/h1-8,18,21H,9-13H2/t18-/m0/s1. The number of carbonyl (C=O) groups excluding carboxylic acids is 2. The molecule has 1 fully saturated rings. The third-order valence-corrected chi connectivity index (χ3v) is 5.13. The van der Waals surface area contributed by atoms with E-state index < -0.39 is 18.6 Å². The topological polar surface area (TPSA) is 59.1 Å². The minimum absolute atomic E-state index is 0.0853. The zero-order valence-electron chi connectivity index (χ0n) is 15.6. The summed E-state index contributed by atoms with van der Waals surface area (Å²) in [5, 5.41) is 0. The fraction of sp³-hybridized carbons (Fsp3) is 0.333. The predicted molar refractivity (Wildman–Crippen MR) is 100 cm³/mol. The van der Waals surface area contributed by atoms with Gasteiger partial charge in [-0.1, -0.05) is 30.3 Å². The molecule has 0 saturated carbocycles. The minimum atomic E-state index is -3.01. The zero-order chi connectivity index (χ0) is 20.4. The summed E-state index contributed by atoms with van der Waals surface area (Å²) in [6.07, 6.45) is -0.0122. The van der Waals surface area contributed by atoms with Gasteiger partial charge in [-0.3, -0.25) is 9.59 Å². The number of para-hydroxylation sites is 2. The molecular weight excluding hydrogens is 382 g/mol. The number of ether oxygens (including phenoxy) is 2. The van der Waals surface area contributed by atoms with E-state index in [1.165, 1.54) is 18.2 Å². The van der Waals surface area contributed by atoms with E-state index in [4.69, 9.17) is 4.74 Å². The van der Waals surface area contributed by atoms with Gasteiger partial charge in [-0.25, -0.2) is 0 Å². The number of nitrogens with zero attached hydrogens (tertiary/aromatic N) is 2. The van der Waals surface area contributed by atoms with Gasteiger partial charge in [0.15, 0.2) is 6.10 Å². The van der Waals surface area contributed by atoms with Crippen molar-refractivity contribution in [3.8, 4) is 11.5 Å². The highest BCUT2D eigenvalue weighted by molar-refractivity contribution is 5.97. The summed E-state index contributed by atoms with van der Waals surface area (Å²) in [6.45, 7) is -1.66. The summed E-state index contributed by atoms with van der Waals surface area (Å²) >= 11 is 0. The van der Waals surface area contributed by atoms with Crippen LogP contribution in [0.1, 0.15) is 15.9 Å². The zero-order valence-corrected chi connectivity index (χ0v) is 15.6. The Morgan fingerprint density at radius 1 is 0.966 bits per heavy atom. The summed E-state index contributed by atoms with van der Waals surface area (Å²) in [4.78, 5) is 28.8. The van der Waals surface area contributed by atoms with Crippen LogP contribution < -0.4 is 9.47 Å². The molecule has 2 amide bonds. The molecule has 0 N–H and O–H groups in total. The van der Waals surface area contributed by atoms with Crippen LogP contribution in [0.5, 0.6) is 11.5 Å². The average molecular weight is 402 g/mol. The second-order valence-corrected chi connectivity index (χ2v) is 6.91. The second-order valence-electron chi connectivity index (χ2n) is 6.91. The van der Waals surface area contributed by atoms with E-state index in [9.17, 15) is 18.4 Å². The lowest BCUT2D eigenvalue weighted by Crippen LogP contribution is -2.53. The highest BCUT2D eigenvalue weighted by Gasteiger charge is 2.34. The van der Waals surface area contributed by atoms with E-state index in [1.54, 1.807) is 15.9 Å². The predicted octanol–water partition coefficient (Wildman–Crippen LogP) is 2.58. The van der Waals surface area contributed by atoms with Crippen LogP contribution in [0, 0.1) is 0 Å². The molecule has 1 atom stereocenters. The molecule has 1 saturated heterocycles. The number of piperazine rings is 1. The normalized spacial score (nSPS) is 18.4. The van der Waals surface area contributed by atoms with Crippen LogP contribution in [-0.4, -0.2) is 60.5 Å². The summed E-state index contributed by atoms with van der Waals surface area (Å²) in [5.74, 6) is 0.0889. The first kappa shape index (κ1) is 19.2. The molecule has 2 aromatic carbocycles. The summed E-state index contributed by atoms with van der Waals surface area (Å²) in [7, 11) is 0. The first-order chi connectivity index (χ1) is 14.0. The molecule has 0 radical (unpaired) electrons. The van der Waals surface area contributed by atoms with Crippen molar-refractivity contribution in [3.05, 3.63) is 59.7 Å². The van der Waals surface area contributed by atoms with Crippen molar-refractivity contribution in [2.75, 3.05) is 26.2 Å². The number of alkyl halides is 2. The van der Waals surface area contributed by atoms with Gasteiger partial charge in [-0.05, 0) is 23.8 Å². The van der Waals surface area contributed by atoms with Gasteiger partial charge in [0.2, 0.25) is 0 Å². The maximum atomic E-state index is 12.8.